The summed E-state index contributed by atoms with van der Waals surface area (Å²) >= 11 is 0. The smallest absolute Gasteiger partial charge is 0.411 e. The molecule has 1 atom stereocenters. The summed E-state index contributed by atoms with van der Waals surface area (Å²) in [6.07, 6.45) is 4.10. The van der Waals surface area contributed by atoms with Gasteiger partial charge in [0.25, 0.3) is 0 Å². The van der Waals surface area contributed by atoms with Crippen molar-refractivity contribution in [2.24, 2.45) is 5.92 Å². The van der Waals surface area contributed by atoms with Crippen molar-refractivity contribution in [1.29, 1.82) is 0 Å². The molecule has 2 aliphatic carbocycles. The van der Waals surface area contributed by atoms with Gasteiger partial charge in [-0.1, -0.05) is 12.1 Å². The number of hydrogen-bond acceptors (Lipinski definition) is 5. The zero-order chi connectivity index (χ0) is 22.9. The minimum Gasteiger partial charge on any atom is -0.491 e. The van der Waals surface area contributed by atoms with Crippen molar-refractivity contribution in [2.45, 2.75) is 44.8 Å². The number of carbonyl (C=O) groups is 1. The van der Waals surface area contributed by atoms with Crippen LogP contribution in [-0.4, -0.2) is 37.1 Å². The van der Waals surface area contributed by atoms with E-state index >= 15 is 0 Å². The van der Waals surface area contributed by atoms with Gasteiger partial charge in [0, 0.05) is 35.9 Å². The Morgan fingerprint density at radius 1 is 1.12 bits per heavy atom. The SMILES string of the molecule is COCCOc1ccc2c(N)c(-c3ccc(NC(=O)OC(C)C4CC4)cc3)n(C3CC3)c2c1. The molecule has 2 aromatic carbocycles. The van der Waals surface area contributed by atoms with Crippen molar-refractivity contribution in [2.75, 3.05) is 31.4 Å². The Bertz CT molecular complexity index is 1150. The molecule has 3 N–H and O–H groups in total. The summed E-state index contributed by atoms with van der Waals surface area (Å²) in [5, 5.41) is 3.85. The summed E-state index contributed by atoms with van der Waals surface area (Å²) in [6.45, 7) is 3.00. The third-order valence-electron chi connectivity index (χ3n) is 6.47. The minimum atomic E-state index is -0.408. The first-order valence-electron chi connectivity index (χ1n) is 11.7. The van der Waals surface area contributed by atoms with Crippen LogP contribution in [0.25, 0.3) is 22.2 Å². The highest BCUT2D eigenvalue weighted by molar-refractivity contribution is 6.02. The van der Waals surface area contributed by atoms with Crippen LogP contribution in [0, 0.1) is 5.92 Å². The Hall–Kier alpha value is -3.19. The van der Waals surface area contributed by atoms with Gasteiger partial charge in [0.1, 0.15) is 18.5 Å². The van der Waals surface area contributed by atoms with Gasteiger partial charge in [0.15, 0.2) is 0 Å². The monoisotopic (exact) mass is 449 g/mol. The summed E-state index contributed by atoms with van der Waals surface area (Å²) in [7, 11) is 1.66. The maximum Gasteiger partial charge on any atom is 0.411 e. The summed E-state index contributed by atoms with van der Waals surface area (Å²) in [5.41, 5.74) is 11.2. The topological polar surface area (TPSA) is 87.7 Å². The first kappa shape index (κ1) is 21.6. The van der Waals surface area contributed by atoms with Gasteiger partial charge in [-0.3, -0.25) is 5.32 Å². The number of amides is 1. The molecular weight excluding hydrogens is 418 g/mol. The number of nitrogens with one attached hydrogen (secondary N) is 1. The fraction of sp³-hybridized carbons (Fsp3) is 0.423. The molecule has 7 nitrogen and oxygen atoms in total. The Balaban J connectivity index is 1.39. The van der Waals surface area contributed by atoms with Gasteiger partial charge in [-0.05, 0) is 62.8 Å². The second-order valence-corrected chi connectivity index (χ2v) is 9.03. The van der Waals surface area contributed by atoms with Crippen LogP contribution >= 0.6 is 0 Å². The predicted octanol–water partition coefficient (Wildman–Crippen LogP) is 5.60. The van der Waals surface area contributed by atoms with Crippen LogP contribution in [0.15, 0.2) is 42.5 Å². The van der Waals surface area contributed by atoms with Gasteiger partial charge in [-0.15, -0.1) is 0 Å². The molecule has 2 aliphatic rings. The fourth-order valence-corrected chi connectivity index (χ4v) is 4.34. The van der Waals surface area contributed by atoms with Crippen LogP contribution in [-0.2, 0) is 9.47 Å². The number of benzene rings is 2. The molecule has 7 heteroatoms. The van der Waals surface area contributed by atoms with E-state index in [0.717, 1.165) is 59.3 Å². The molecule has 0 aliphatic heterocycles. The Morgan fingerprint density at radius 2 is 1.88 bits per heavy atom. The van der Waals surface area contributed by atoms with Gasteiger partial charge >= 0.3 is 6.09 Å². The Kier molecular flexibility index (Phi) is 5.89. The van der Waals surface area contributed by atoms with Crippen molar-refractivity contribution in [3.63, 3.8) is 0 Å². The zero-order valence-electron chi connectivity index (χ0n) is 19.2. The van der Waals surface area contributed by atoms with Crippen LogP contribution in [0.2, 0.25) is 0 Å². The third-order valence-corrected chi connectivity index (χ3v) is 6.47. The lowest BCUT2D eigenvalue weighted by atomic mass is 10.1. The number of carbonyl (C=O) groups excluding carboxylic acids is 1. The molecule has 0 spiro atoms. The maximum atomic E-state index is 12.2. The van der Waals surface area contributed by atoms with Crippen molar-refractivity contribution in [3.8, 4) is 17.0 Å². The lowest BCUT2D eigenvalue weighted by Gasteiger charge is -2.14. The Labute approximate surface area is 193 Å². The summed E-state index contributed by atoms with van der Waals surface area (Å²) in [6, 6.07) is 14.3. The molecule has 1 aromatic heterocycles. The van der Waals surface area contributed by atoms with E-state index in [9.17, 15) is 4.79 Å². The molecule has 0 radical (unpaired) electrons. The molecule has 0 bridgehead atoms. The third kappa shape index (κ3) is 4.64. The minimum absolute atomic E-state index is 0.0401. The van der Waals surface area contributed by atoms with Gasteiger partial charge in [0.2, 0.25) is 0 Å². The number of nitrogens with two attached hydrogens (primary N) is 1. The number of anilines is 2. The van der Waals surface area contributed by atoms with Crippen LogP contribution in [0.4, 0.5) is 16.2 Å². The number of nitrogen functional groups attached to an aromatic ring is 1. The van der Waals surface area contributed by atoms with E-state index in [2.05, 4.69) is 16.0 Å². The van der Waals surface area contributed by atoms with E-state index in [4.69, 9.17) is 19.9 Å². The fourth-order valence-electron chi connectivity index (χ4n) is 4.34. The van der Waals surface area contributed by atoms with E-state index < -0.39 is 6.09 Å². The molecule has 33 heavy (non-hydrogen) atoms. The lowest BCUT2D eigenvalue weighted by Crippen LogP contribution is -2.21. The number of ether oxygens (including phenoxy) is 3. The highest BCUT2D eigenvalue weighted by Gasteiger charge is 2.31. The molecule has 1 amide bonds. The van der Waals surface area contributed by atoms with E-state index in [1.807, 2.05) is 43.3 Å². The van der Waals surface area contributed by atoms with Crippen LogP contribution in [0.1, 0.15) is 38.6 Å². The predicted molar refractivity (Wildman–Crippen MR) is 130 cm³/mol. The summed E-state index contributed by atoms with van der Waals surface area (Å²) < 4.78 is 18.7. The van der Waals surface area contributed by atoms with E-state index in [1.165, 1.54) is 0 Å². The highest BCUT2D eigenvalue weighted by Crippen LogP contribution is 2.46. The standard InChI is InChI=1S/C26H31N3O4/c1-16(17-3-4-17)33-26(30)28-19-7-5-18(6-8-19)25-24(27)22-12-11-21(32-14-13-31-2)15-23(22)29(25)20-9-10-20/h5-8,11-12,15-17,20H,3-4,9-10,13-14,27H2,1-2H3,(H,28,30). The average Bonchev–Trinajstić information content (AvgIpc) is 3.72. The molecule has 1 unspecified atom stereocenters. The number of nitrogens with zero attached hydrogens (tertiary/aromatic N) is 1. The van der Waals surface area contributed by atoms with E-state index in [1.54, 1.807) is 7.11 Å². The average molecular weight is 450 g/mol. The van der Waals surface area contributed by atoms with Crippen LogP contribution < -0.4 is 15.8 Å². The number of fused-ring (bicyclic) bond motifs is 1. The summed E-state index contributed by atoms with van der Waals surface area (Å²) in [4.78, 5) is 12.2. The molecule has 0 saturated heterocycles. The van der Waals surface area contributed by atoms with Crippen LogP contribution in [0.3, 0.4) is 0 Å². The first-order chi connectivity index (χ1) is 16.0. The van der Waals surface area contributed by atoms with Crippen molar-refractivity contribution >= 4 is 28.4 Å². The van der Waals surface area contributed by atoms with Gasteiger partial charge < -0.3 is 24.5 Å². The van der Waals surface area contributed by atoms with Crippen molar-refractivity contribution < 1.29 is 19.0 Å². The van der Waals surface area contributed by atoms with Crippen molar-refractivity contribution in [3.05, 3.63) is 42.5 Å². The molecule has 174 valence electrons. The highest BCUT2D eigenvalue weighted by atomic mass is 16.6. The number of aromatic nitrogens is 1. The largest absolute Gasteiger partial charge is 0.491 e. The molecule has 1 heterocycles. The zero-order valence-corrected chi connectivity index (χ0v) is 19.2. The van der Waals surface area contributed by atoms with E-state index in [-0.39, 0.29) is 6.10 Å². The number of methoxy groups -OCH3 is 1. The van der Waals surface area contributed by atoms with Gasteiger partial charge in [-0.25, -0.2) is 4.79 Å². The molecule has 2 saturated carbocycles. The number of hydrogen-bond donors (Lipinski definition) is 2. The van der Waals surface area contributed by atoms with Crippen LogP contribution in [0.5, 0.6) is 5.75 Å². The molecule has 2 fully saturated rings. The quantitative estimate of drug-likeness (QED) is 0.415. The molecule has 3 aromatic rings. The molecular formula is C26H31N3O4. The van der Waals surface area contributed by atoms with Gasteiger partial charge in [-0.2, -0.15) is 0 Å². The lowest BCUT2D eigenvalue weighted by molar-refractivity contribution is 0.108. The number of rotatable bonds is 9. The summed E-state index contributed by atoms with van der Waals surface area (Å²) in [5.74, 6) is 1.32. The van der Waals surface area contributed by atoms with Gasteiger partial charge in [0.05, 0.1) is 23.5 Å². The first-order valence-corrected chi connectivity index (χ1v) is 11.7. The second kappa shape index (κ2) is 8.98. The normalized spacial score (nSPS) is 16.5. The van der Waals surface area contributed by atoms with Crippen molar-refractivity contribution in [1.82, 2.24) is 4.57 Å². The maximum absolute atomic E-state index is 12.2. The Morgan fingerprint density at radius 3 is 2.55 bits per heavy atom. The molecule has 5 rings (SSSR count). The second-order valence-electron chi connectivity index (χ2n) is 9.03. The van der Waals surface area contributed by atoms with E-state index in [0.29, 0.717) is 30.9 Å².